The van der Waals surface area contributed by atoms with Gasteiger partial charge in [-0.1, -0.05) is 11.6 Å². The third-order valence-electron chi connectivity index (χ3n) is 2.19. The molecule has 0 aliphatic heterocycles. The van der Waals surface area contributed by atoms with Gasteiger partial charge in [-0.25, -0.2) is 4.79 Å². The Kier molecular flexibility index (Phi) is 3.03. The van der Waals surface area contributed by atoms with Gasteiger partial charge in [0.15, 0.2) is 5.76 Å². The first-order chi connectivity index (χ1) is 8.49. The summed E-state index contributed by atoms with van der Waals surface area (Å²) in [4.78, 5) is 10.4. The molecule has 1 aromatic heterocycles. The summed E-state index contributed by atoms with van der Waals surface area (Å²) in [7, 11) is 0. The average Bonchev–Trinajstić information content (AvgIpc) is 2.58. The number of rotatable bonds is 2. The van der Waals surface area contributed by atoms with Gasteiger partial charge < -0.3 is 19.7 Å². The molecule has 6 nitrogen and oxygen atoms in total. The van der Waals surface area contributed by atoms with Crippen LogP contribution in [0.2, 0.25) is 5.02 Å². The van der Waals surface area contributed by atoms with Crippen molar-refractivity contribution in [3.63, 3.8) is 0 Å². The Hall–Kier alpha value is -2.34. The number of hydrogen-bond acceptors (Lipinski definition) is 4. The van der Waals surface area contributed by atoms with E-state index in [1.54, 1.807) is 24.3 Å². The van der Waals surface area contributed by atoms with Crippen LogP contribution >= 0.6 is 11.6 Å². The van der Waals surface area contributed by atoms with Crippen molar-refractivity contribution in [2.45, 2.75) is 0 Å². The molecule has 0 saturated carbocycles. The molecule has 2 aromatic rings. The Morgan fingerprint density at radius 1 is 1.17 bits per heavy atom. The molecule has 0 spiro atoms. The lowest BCUT2D eigenvalue weighted by atomic mass is 10.1. The summed E-state index contributed by atoms with van der Waals surface area (Å²) >= 11 is 5.71. The molecule has 2 rings (SSSR count). The monoisotopic (exact) mass is 269 g/mol. The third kappa shape index (κ3) is 2.18. The van der Waals surface area contributed by atoms with Crippen LogP contribution in [0.3, 0.4) is 0 Å². The van der Waals surface area contributed by atoms with Gasteiger partial charge in [-0.15, -0.1) is 0 Å². The SMILES string of the molecule is O=C(O)Nc1oc(-c2ccc(Cl)cc2)c(O)c1O. The second kappa shape index (κ2) is 4.50. The fourth-order valence-electron chi connectivity index (χ4n) is 1.39. The molecule has 0 saturated heterocycles. The van der Waals surface area contributed by atoms with Crippen LogP contribution in [0.1, 0.15) is 0 Å². The van der Waals surface area contributed by atoms with E-state index >= 15 is 0 Å². The van der Waals surface area contributed by atoms with Gasteiger partial charge in [-0.2, -0.15) is 0 Å². The second-order valence-electron chi connectivity index (χ2n) is 3.39. The highest BCUT2D eigenvalue weighted by molar-refractivity contribution is 6.30. The molecule has 0 unspecified atom stereocenters. The first-order valence-electron chi connectivity index (χ1n) is 4.79. The summed E-state index contributed by atoms with van der Waals surface area (Å²) in [5, 5.41) is 30.0. The number of nitrogens with one attached hydrogen (secondary N) is 1. The highest BCUT2D eigenvalue weighted by atomic mass is 35.5. The fourth-order valence-corrected chi connectivity index (χ4v) is 1.52. The lowest BCUT2D eigenvalue weighted by Gasteiger charge is -1.97. The largest absolute Gasteiger partial charge is 0.502 e. The van der Waals surface area contributed by atoms with E-state index in [9.17, 15) is 15.0 Å². The number of amides is 1. The number of furan rings is 1. The molecule has 0 aliphatic carbocycles. The number of aromatic hydroxyl groups is 2. The van der Waals surface area contributed by atoms with Crippen LogP contribution in [-0.4, -0.2) is 21.4 Å². The van der Waals surface area contributed by atoms with Crippen molar-refractivity contribution in [3.8, 4) is 22.8 Å². The molecule has 0 aliphatic rings. The van der Waals surface area contributed by atoms with Gasteiger partial charge in [-0.3, -0.25) is 5.32 Å². The smallest absolute Gasteiger partial charge is 0.411 e. The van der Waals surface area contributed by atoms with Crippen molar-refractivity contribution < 1.29 is 24.5 Å². The summed E-state index contributed by atoms with van der Waals surface area (Å²) in [6, 6.07) is 6.26. The minimum atomic E-state index is -1.42. The molecule has 7 heteroatoms. The van der Waals surface area contributed by atoms with Crippen LogP contribution in [-0.2, 0) is 0 Å². The maximum Gasteiger partial charge on any atom is 0.411 e. The van der Waals surface area contributed by atoms with E-state index in [1.165, 1.54) is 0 Å². The summed E-state index contributed by atoms with van der Waals surface area (Å²) < 4.78 is 5.05. The van der Waals surface area contributed by atoms with E-state index in [0.29, 0.717) is 10.6 Å². The second-order valence-corrected chi connectivity index (χ2v) is 3.83. The number of halogens is 1. The third-order valence-corrected chi connectivity index (χ3v) is 2.44. The van der Waals surface area contributed by atoms with E-state index in [-0.39, 0.29) is 5.76 Å². The molecule has 18 heavy (non-hydrogen) atoms. The summed E-state index contributed by atoms with van der Waals surface area (Å²) in [6.45, 7) is 0. The van der Waals surface area contributed by atoms with Crippen LogP contribution in [0.25, 0.3) is 11.3 Å². The number of carbonyl (C=O) groups is 1. The zero-order valence-corrected chi connectivity index (χ0v) is 9.60. The van der Waals surface area contributed by atoms with Crippen LogP contribution in [0.15, 0.2) is 28.7 Å². The molecule has 1 heterocycles. The minimum Gasteiger partial charge on any atom is -0.502 e. The molecular formula is C11H8ClNO5. The normalized spacial score (nSPS) is 10.3. The van der Waals surface area contributed by atoms with Gasteiger partial charge in [0.1, 0.15) is 0 Å². The van der Waals surface area contributed by atoms with E-state index in [1.807, 2.05) is 5.32 Å². The zero-order valence-electron chi connectivity index (χ0n) is 8.85. The van der Waals surface area contributed by atoms with Crippen LogP contribution < -0.4 is 5.32 Å². The molecule has 0 atom stereocenters. The van der Waals surface area contributed by atoms with Gasteiger partial charge in [-0.05, 0) is 24.3 Å². The molecule has 0 radical (unpaired) electrons. The van der Waals surface area contributed by atoms with Crippen molar-refractivity contribution in [2.75, 3.05) is 5.32 Å². The van der Waals surface area contributed by atoms with Gasteiger partial charge in [0, 0.05) is 10.6 Å². The Morgan fingerprint density at radius 2 is 1.78 bits per heavy atom. The number of benzene rings is 1. The predicted octanol–water partition coefficient (Wildman–Crippen LogP) is 3.10. The Labute approximate surface area is 106 Å². The van der Waals surface area contributed by atoms with E-state index in [0.717, 1.165) is 0 Å². The molecule has 1 aromatic carbocycles. The van der Waals surface area contributed by atoms with Crippen LogP contribution in [0.5, 0.6) is 11.5 Å². The molecule has 1 amide bonds. The van der Waals surface area contributed by atoms with Crippen molar-refractivity contribution in [2.24, 2.45) is 0 Å². The van der Waals surface area contributed by atoms with Gasteiger partial charge in [0.05, 0.1) is 0 Å². The number of hydrogen-bond donors (Lipinski definition) is 4. The molecule has 94 valence electrons. The molecule has 0 bridgehead atoms. The standard InChI is InChI=1S/C11H8ClNO5/c12-6-3-1-5(2-4-6)9-7(14)8(15)10(18-9)13-11(16)17/h1-4,13-15H,(H,16,17). The lowest BCUT2D eigenvalue weighted by Crippen LogP contribution is -2.06. The topological polar surface area (TPSA) is 103 Å². The lowest BCUT2D eigenvalue weighted by molar-refractivity contribution is 0.209. The maximum atomic E-state index is 10.4. The van der Waals surface area contributed by atoms with Crippen molar-refractivity contribution in [1.29, 1.82) is 0 Å². The van der Waals surface area contributed by atoms with Crippen LogP contribution in [0.4, 0.5) is 10.7 Å². The van der Waals surface area contributed by atoms with E-state index in [4.69, 9.17) is 21.1 Å². The first-order valence-corrected chi connectivity index (χ1v) is 5.17. The van der Waals surface area contributed by atoms with Gasteiger partial charge >= 0.3 is 6.09 Å². The van der Waals surface area contributed by atoms with Crippen molar-refractivity contribution >= 4 is 23.6 Å². The molecule has 4 N–H and O–H groups in total. The van der Waals surface area contributed by atoms with Crippen molar-refractivity contribution in [3.05, 3.63) is 29.3 Å². The minimum absolute atomic E-state index is 0.0482. The van der Waals surface area contributed by atoms with Crippen molar-refractivity contribution in [1.82, 2.24) is 0 Å². The number of carboxylic acid groups (broad SMARTS) is 1. The quantitative estimate of drug-likeness (QED) is 0.671. The summed E-state index contributed by atoms with van der Waals surface area (Å²) in [5.41, 5.74) is 0.450. The van der Waals surface area contributed by atoms with Crippen LogP contribution in [0, 0.1) is 0 Å². The average molecular weight is 270 g/mol. The molecule has 0 fully saturated rings. The fraction of sp³-hybridized carbons (Fsp3) is 0. The zero-order chi connectivity index (χ0) is 13.3. The highest BCUT2D eigenvalue weighted by Crippen LogP contribution is 2.45. The Morgan fingerprint density at radius 3 is 2.33 bits per heavy atom. The number of anilines is 1. The molecular weight excluding hydrogens is 262 g/mol. The Bertz CT molecular complexity index is 590. The van der Waals surface area contributed by atoms with Gasteiger partial charge in [0.2, 0.25) is 17.4 Å². The van der Waals surface area contributed by atoms with E-state index < -0.39 is 23.5 Å². The maximum absolute atomic E-state index is 10.4. The predicted molar refractivity (Wildman–Crippen MR) is 64.1 cm³/mol. The Balaban J connectivity index is 2.45. The van der Waals surface area contributed by atoms with Gasteiger partial charge in [0.25, 0.3) is 0 Å². The van der Waals surface area contributed by atoms with E-state index in [2.05, 4.69) is 0 Å². The first kappa shape index (κ1) is 12.1. The summed E-state index contributed by atoms with van der Waals surface area (Å²) in [6.07, 6.45) is -1.42. The highest BCUT2D eigenvalue weighted by Gasteiger charge is 2.21. The summed E-state index contributed by atoms with van der Waals surface area (Å²) in [5.74, 6) is -1.69.